The van der Waals surface area contributed by atoms with Crippen LogP contribution in [-0.4, -0.2) is 27.2 Å². The fourth-order valence-corrected chi connectivity index (χ4v) is 3.64. The second kappa shape index (κ2) is 6.87. The van der Waals surface area contributed by atoms with Crippen molar-refractivity contribution < 1.29 is 4.79 Å². The van der Waals surface area contributed by atoms with Crippen LogP contribution < -0.4 is 16.3 Å². The number of allylic oxidation sites excluding steroid dienone is 2. The number of hydrogen-bond donors (Lipinski definition) is 2. The summed E-state index contributed by atoms with van der Waals surface area (Å²) in [5, 5.41) is 7.74. The summed E-state index contributed by atoms with van der Waals surface area (Å²) in [4.78, 5) is 30.1. The molecule has 2 N–H and O–H groups in total. The zero-order valence-electron chi connectivity index (χ0n) is 15.3. The molecule has 1 aliphatic heterocycles. The number of aromatic nitrogens is 2. The van der Waals surface area contributed by atoms with E-state index in [0.717, 1.165) is 0 Å². The Morgan fingerprint density at radius 2 is 1.72 bits per heavy atom. The Morgan fingerprint density at radius 3 is 2.59 bits per heavy atom. The van der Waals surface area contributed by atoms with Crippen LogP contribution in [0.3, 0.4) is 0 Å². The molecule has 0 bridgehead atoms. The van der Waals surface area contributed by atoms with Crippen LogP contribution in [0.4, 0.5) is 5.95 Å². The van der Waals surface area contributed by atoms with Gasteiger partial charge in [-0.05, 0) is 24.3 Å². The summed E-state index contributed by atoms with van der Waals surface area (Å²) in [5.41, 5.74) is 4.24. The van der Waals surface area contributed by atoms with Crippen LogP contribution in [0.1, 0.15) is 0 Å². The highest BCUT2D eigenvalue weighted by molar-refractivity contribution is 6.42. The van der Waals surface area contributed by atoms with Gasteiger partial charge in [0.05, 0.1) is 28.6 Å². The van der Waals surface area contributed by atoms with E-state index < -0.39 is 0 Å². The first-order valence-electron chi connectivity index (χ1n) is 9.29. The van der Waals surface area contributed by atoms with Crippen molar-refractivity contribution in [3.05, 3.63) is 89.3 Å². The summed E-state index contributed by atoms with van der Waals surface area (Å²) in [6.45, 7) is 0. The van der Waals surface area contributed by atoms with E-state index in [1.54, 1.807) is 18.2 Å². The second-order valence-electron chi connectivity index (χ2n) is 6.83. The normalized spacial score (nSPS) is 21.4. The van der Waals surface area contributed by atoms with Crippen LogP contribution >= 0.6 is 0 Å². The Bertz CT molecular complexity index is 1260. The zero-order chi connectivity index (χ0) is 19.8. The van der Waals surface area contributed by atoms with E-state index in [9.17, 15) is 9.59 Å². The molecule has 3 aromatic rings. The number of benzene rings is 2. The minimum atomic E-state index is -0.238. The molecule has 2 atom stereocenters. The highest BCUT2D eigenvalue weighted by Crippen LogP contribution is 2.22. The molecule has 7 heteroatoms. The van der Waals surface area contributed by atoms with E-state index in [-0.39, 0.29) is 29.4 Å². The summed E-state index contributed by atoms with van der Waals surface area (Å²) in [6, 6.07) is 16.3. The lowest BCUT2D eigenvalue weighted by Gasteiger charge is -2.15. The van der Waals surface area contributed by atoms with Gasteiger partial charge in [0.2, 0.25) is 5.95 Å². The molecule has 0 saturated carbocycles. The molecule has 1 amide bonds. The van der Waals surface area contributed by atoms with Crippen molar-refractivity contribution in [1.29, 1.82) is 0 Å². The van der Waals surface area contributed by atoms with Gasteiger partial charge < -0.3 is 5.32 Å². The van der Waals surface area contributed by atoms with Gasteiger partial charge in [-0.2, -0.15) is 5.10 Å². The molecule has 7 nitrogen and oxygen atoms in total. The number of carbonyl (C=O) groups is 1. The summed E-state index contributed by atoms with van der Waals surface area (Å²) < 4.78 is 1.47. The van der Waals surface area contributed by atoms with Crippen LogP contribution in [0, 0.1) is 5.92 Å². The number of carbonyl (C=O) groups excluding carboxylic acids is 1. The molecule has 0 spiro atoms. The molecule has 5 rings (SSSR count). The lowest BCUT2D eigenvalue weighted by atomic mass is 9.95. The van der Waals surface area contributed by atoms with E-state index in [0.29, 0.717) is 22.3 Å². The number of anilines is 1. The van der Waals surface area contributed by atoms with Crippen molar-refractivity contribution in [2.45, 2.75) is 6.04 Å². The van der Waals surface area contributed by atoms with Gasteiger partial charge in [-0.25, -0.2) is 15.0 Å². The Balaban J connectivity index is 1.63. The Hall–Kier alpha value is -4.00. The maximum atomic E-state index is 13.2. The van der Waals surface area contributed by atoms with E-state index in [1.165, 1.54) is 4.57 Å². The molecule has 0 unspecified atom stereocenters. The van der Waals surface area contributed by atoms with E-state index in [1.807, 2.05) is 60.7 Å². The standard InChI is InChI=1S/C22H17N5O2/c28-20-19(15-10-4-6-12-17(15)23-20)25-26-22-24-18-13-7-5-11-16(18)21(29)27(22)14-8-2-1-3-9-14/h1-13,15,17H,(H,23,28)(H,24,26)/b25-19-/t15-,17-/m1/s1. The monoisotopic (exact) mass is 383 g/mol. The largest absolute Gasteiger partial charge is 0.344 e. The predicted octanol–water partition coefficient (Wildman–Crippen LogP) is 2.39. The Morgan fingerprint density at radius 1 is 0.966 bits per heavy atom. The van der Waals surface area contributed by atoms with Crippen LogP contribution in [0.2, 0.25) is 0 Å². The predicted molar refractivity (Wildman–Crippen MR) is 112 cm³/mol. The summed E-state index contributed by atoms with van der Waals surface area (Å²) in [5.74, 6) is -0.144. The number of para-hydroxylation sites is 2. The third kappa shape index (κ3) is 2.93. The Labute approximate surface area is 166 Å². The smallest absolute Gasteiger partial charge is 0.268 e. The molecule has 2 heterocycles. The van der Waals surface area contributed by atoms with Crippen molar-refractivity contribution in [2.75, 3.05) is 5.43 Å². The molecule has 1 saturated heterocycles. The number of nitrogens with zero attached hydrogens (tertiary/aromatic N) is 3. The van der Waals surface area contributed by atoms with Crippen molar-refractivity contribution in [1.82, 2.24) is 14.9 Å². The minimum Gasteiger partial charge on any atom is -0.344 e. The highest BCUT2D eigenvalue weighted by atomic mass is 16.2. The van der Waals surface area contributed by atoms with Gasteiger partial charge in [0.25, 0.3) is 11.5 Å². The third-order valence-corrected chi connectivity index (χ3v) is 5.05. The van der Waals surface area contributed by atoms with E-state index in [2.05, 4.69) is 20.8 Å². The summed E-state index contributed by atoms with van der Waals surface area (Å²) >= 11 is 0. The zero-order valence-corrected chi connectivity index (χ0v) is 15.3. The lowest BCUT2D eigenvalue weighted by molar-refractivity contribution is -0.114. The first-order chi connectivity index (χ1) is 14.2. The minimum absolute atomic E-state index is 0.103. The molecular formula is C22H17N5O2. The first kappa shape index (κ1) is 17.1. The van der Waals surface area contributed by atoms with Gasteiger partial charge in [-0.1, -0.05) is 54.6 Å². The number of amides is 1. The average molecular weight is 383 g/mol. The molecule has 2 aromatic carbocycles. The van der Waals surface area contributed by atoms with Crippen molar-refractivity contribution in [3.8, 4) is 5.69 Å². The fourth-order valence-electron chi connectivity index (χ4n) is 3.64. The summed E-state index contributed by atoms with van der Waals surface area (Å²) in [7, 11) is 0. The quantitative estimate of drug-likeness (QED) is 0.680. The number of rotatable bonds is 3. The lowest BCUT2D eigenvalue weighted by Crippen LogP contribution is -2.26. The maximum Gasteiger partial charge on any atom is 0.268 e. The maximum absolute atomic E-state index is 13.2. The number of hydrogen-bond acceptors (Lipinski definition) is 5. The molecule has 0 radical (unpaired) electrons. The number of fused-ring (bicyclic) bond motifs is 2. The second-order valence-corrected chi connectivity index (χ2v) is 6.83. The van der Waals surface area contributed by atoms with Gasteiger partial charge in [0.1, 0.15) is 5.71 Å². The van der Waals surface area contributed by atoms with Gasteiger partial charge >= 0.3 is 0 Å². The molecule has 1 fully saturated rings. The van der Waals surface area contributed by atoms with Gasteiger partial charge in [0, 0.05) is 0 Å². The van der Waals surface area contributed by atoms with Crippen LogP contribution in [-0.2, 0) is 4.79 Å². The molecule has 142 valence electrons. The number of hydrazone groups is 1. The van der Waals surface area contributed by atoms with Crippen molar-refractivity contribution >= 4 is 28.5 Å². The Kier molecular flexibility index (Phi) is 4.05. The van der Waals surface area contributed by atoms with Crippen molar-refractivity contribution in [3.63, 3.8) is 0 Å². The molecule has 29 heavy (non-hydrogen) atoms. The van der Waals surface area contributed by atoms with Gasteiger partial charge in [0.15, 0.2) is 0 Å². The third-order valence-electron chi connectivity index (χ3n) is 5.05. The molecule has 1 aromatic heterocycles. The van der Waals surface area contributed by atoms with E-state index in [4.69, 9.17) is 0 Å². The number of nitrogens with one attached hydrogen (secondary N) is 2. The van der Waals surface area contributed by atoms with E-state index >= 15 is 0 Å². The van der Waals surface area contributed by atoms with Gasteiger partial charge in [-0.3, -0.25) is 9.59 Å². The van der Waals surface area contributed by atoms with Crippen LogP contribution in [0.5, 0.6) is 0 Å². The first-order valence-corrected chi connectivity index (χ1v) is 9.29. The molecule has 2 aliphatic rings. The highest BCUT2D eigenvalue weighted by Gasteiger charge is 2.37. The molecule has 1 aliphatic carbocycles. The van der Waals surface area contributed by atoms with Gasteiger partial charge in [-0.15, -0.1) is 0 Å². The fraction of sp³-hybridized carbons (Fsp3) is 0.0909. The topological polar surface area (TPSA) is 88.4 Å². The van der Waals surface area contributed by atoms with Crippen molar-refractivity contribution in [2.24, 2.45) is 11.0 Å². The molecular weight excluding hydrogens is 366 g/mol. The SMILES string of the molecule is O=C1N[C@@H]2C=CC=C[C@H]2/C1=N/Nc1nc2ccccc2c(=O)n1-c1ccccc1. The average Bonchev–Trinajstić information content (AvgIpc) is 3.08. The van der Waals surface area contributed by atoms with Crippen LogP contribution in [0.25, 0.3) is 16.6 Å². The summed E-state index contributed by atoms with van der Waals surface area (Å²) in [6.07, 6.45) is 7.65. The van der Waals surface area contributed by atoms with Crippen LogP contribution in [0.15, 0.2) is 88.8 Å².